The highest BCUT2D eigenvalue weighted by Gasteiger charge is 2.21. The Morgan fingerprint density at radius 1 is 1.39 bits per heavy atom. The lowest BCUT2D eigenvalue weighted by molar-refractivity contribution is 0.00694. The van der Waals surface area contributed by atoms with Gasteiger partial charge in [-0.15, -0.1) is 0 Å². The Bertz CT molecular complexity index is 383. The highest BCUT2D eigenvalue weighted by molar-refractivity contribution is 7.80. The van der Waals surface area contributed by atoms with Crippen LogP contribution in [0, 0.1) is 0 Å². The number of aryl methyl sites for hydroxylation is 1. The van der Waals surface area contributed by atoms with Gasteiger partial charge in [0.25, 0.3) is 0 Å². The molecule has 2 rings (SSSR count). The van der Waals surface area contributed by atoms with E-state index in [1.54, 1.807) is 0 Å². The number of thiocarbonyl (C=S) groups is 1. The van der Waals surface area contributed by atoms with Crippen molar-refractivity contribution in [2.75, 3.05) is 26.2 Å². The second kappa shape index (κ2) is 6.83. The smallest absolute Gasteiger partial charge is 0.120 e. The summed E-state index contributed by atoms with van der Waals surface area (Å²) >= 11 is 4.98. The Kier molecular flexibility index (Phi) is 5.11. The van der Waals surface area contributed by atoms with Crippen LogP contribution in [0.1, 0.15) is 12.0 Å². The van der Waals surface area contributed by atoms with Crippen LogP contribution in [0.15, 0.2) is 30.3 Å². The number of hydrogen-bond acceptors (Lipinski definition) is 3. The second-order valence-corrected chi connectivity index (χ2v) is 5.12. The van der Waals surface area contributed by atoms with Gasteiger partial charge in [0, 0.05) is 13.1 Å². The van der Waals surface area contributed by atoms with Crippen molar-refractivity contribution in [2.24, 2.45) is 5.73 Å². The maximum atomic E-state index is 5.63. The first-order valence-corrected chi connectivity index (χ1v) is 6.84. The average molecular weight is 264 g/mol. The minimum Gasteiger partial charge on any atom is -0.391 e. The maximum Gasteiger partial charge on any atom is 0.120 e. The molecule has 18 heavy (non-hydrogen) atoms. The molecule has 2 N–H and O–H groups in total. The summed E-state index contributed by atoms with van der Waals surface area (Å²) in [6.45, 7) is 3.63. The summed E-state index contributed by atoms with van der Waals surface area (Å²) < 4.78 is 5.53. The number of hydrogen-bond donors (Lipinski definition) is 1. The number of nitrogens with zero attached hydrogens (tertiary/aromatic N) is 1. The lowest BCUT2D eigenvalue weighted by Gasteiger charge is -2.32. The summed E-state index contributed by atoms with van der Waals surface area (Å²) in [5, 5.41) is 0. The van der Waals surface area contributed by atoms with Crippen molar-refractivity contribution in [3.63, 3.8) is 0 Å². The zero-order valence-corrected chi connectivity index (χ0v) is 11.4. The van der Waals surface area contributed by atoms with Gasteiger partial charge in [-0.05, 0) is 24.9 Å². The van der Waals surface area contributed by atoms with Crippen molar-refractivity contribution in [3.8, 4) is 0 Å². The van der Waals surface area contributed by atoms with E-state index in [2.05, 4.69) is 35.2 Å². The standard InChI is InChI=1S/C14H20N2OS/c15-14(18)13-11-16(9-10-17-13)8-4-7-12-5-2-1-3-6-12/h1-3,5-6,13H,4,7-11H2,(H2,15,18). The van der Waals surface area contributed by atoms with Crippen molar-refractivity contribution in [3.05, 3.63) is 35.9 Å². The molecule has 1 aliphatic heterocycles. The molecular weight excluding hydrogens is 244 g/mol. The number of ether oxygens (including phenoxy) is 1. The SMILES string of the molecule is NC(=S)C1CN(CCCc2ccccc2)CCO1. The van der Waals surface area contributed by atoms with E-state index >= 15 is 0 Å². The van der Waals surface area contributed by atoms with Crippen molar-refractivity contribution >= 4 is 17.2 Å². The molecule has 0 aromatic heterocycles. The van der Waals surface area contributed by atoms with Crippen LogP contribution in [0.25, 0.3) is 0 Å². The van der Waals surface area contributed by atoms with Gasteiger partial charge in [-0.25, -0.2) is 0 Å². The summed E-state index contributed by atoms with van der Waals surface area (Å²) in [6, 6.07) is 10.6. The second-order valence-electron chi connectivity index (χ2n) is 4.65. The monoisotopic (exact) mass is 264 g/mol. The Morgan fingerprint density at radius 3 is 2.89 bits per heavy atom. The molecule has 1 fully saturated rings. The minimum absolute atomic E-state index is 0.0644. The number of benzene rings is 1. The highest BCUT2D eigenvalue weighted by atomic mass is 32.1. The van der Waals surface area contributed by atoms with Crippen LogP contribution in [0.4, 0.5) is 0 Å². The third-order valence-corrected chi connectivity index (χ3v) is 3.51. The zero-order valence-electron chi connectivity index (χ0n) is 10.5. The van der Waals surface area contributed by atoms with Gasteiger partial charge in [0.2, 0.25) is 0 Å². The Balaban J connectivity index is 1.72. The zero-order chi connectivity index (χ0) is 12.8. The lowest BCUT2D eigenvalue weighted by atomic mass is 10.1. The van der Waals surface area contributed by atoms with Crippen LogP contribution >= 0.6 is 12.2 Å². The summed E-state index contributed by atoms with van der Waals surface area (Å²) in [4.78, 5) is 2.86. The summed E-state index contributed by atoms with van der Waals surface area (Å²) in [6.07, 6.45) is 2.22. The van der Waals surface area contributed by atoms with E-state index in [0.717, 1.165) is 39.1 Å². The fourth-order valence-corrected chi connectivity index (χ4v) is 2.37. The van der Waals surface area contributed by atoms with Crippen molar-refractivity contribution in [2.45, 2.75) is 18.9 Å². The first-order valence-electron chi connectivity index (χ1n) is 6.43. The van der Waals surface area contributed by atoms with E-state index in [-0.39, 0.29) is 6.10 Å². The third kappa shape index (κ3) is 4.05. The Hall–Kier alpha value is -0.970. The van der Waals surface area contributed by atoms with Crippen molar-refractivity contribution < 1.29 is 4.74 Å². The van der Waals surface area contributed by atoms with Crippen molar-refractivity contribution in [1.82, 2.24) is 4.90 Å². The average Bonchev–Trinajstić information content (AvgIpc) is 2.40. The predicted octanol–water partition coefficient (Wildman–Crippen LogP) is 1.61. The van der Waals surface area contributed by atoms with Crippen LogP contribution in [-0.2, 0) is 11.2 Å². The fourth-order valence-electron chi connectivity index (χ4n) is 2.23. The molecule has 1 atom stereocenters. The van der Waals surface area contributed by atoms with Crippen LogP contribution < -0.4 is 5.73 Å². The third-order valence-electron chi connectivity index (χ3n) is 3.25. The van der Waals surface area contributed by atoms with Gasteiger partial charge >= 0.3 is 0 Å². The number of rotatable bonds is 5. The normalized spacial score (nSPS) is 20.8. The van der Waals surface area contributed by atoms with Gasteiger partial charge < -0.3 is 10.5 Å². The van der Waals surface area contributed by atoms with Gasteiger partial charge in [0.1, 0.15) is 11.1 Å². The molecule has 98 valence electrons. The van der Waals surface area contributed by atoms with Crippen LogP contribution in [0.2, 0.25) is 0 Å². The molecule has 0 radical (unpaired) electrons. The van der Waals surface area contributed by atoms with E-state index in [1.165, 1.54) is 5.56 Å². The molecule has 1 aromatic carbocycles. The van der Waals surface area contributed by atoms with Gasteiger partial charge in [-0.2, -0.15) is 0 Å². The van der Waals surface area contributed by atoms with E-state index in [9.17, 15) is 0 Å². The van der Waals surface area contributed by atoms with Crippen LogP contribution in [-0.4, -0.2) is 42.2 Å². The molecule has 0 bridgehead atoms. The van der Waals surface area contributed by atoms with Crippen molar-refractivity contribution in [1.29, 1.82) is 0 Å². The summed E-state index contributed by atoms with van der Waals surface area (Å²) in [5.41, 5.74) is 7.03. The van der Waals surface area contributed by atoms with Crippen LogP contribution in [0.5, 0.6) is 0 Å². The highest BCUT2D eigenvalue weighted by Crippen LogP contribution is 2.08. The topological polar surface area (TPSA) is 38.5 Å². The molecular formula is C14H20N2OS. The van der Waals surface area contributed by atoms with E-state index in [1.807, 2.05) is 0 Å². The minimum atomic E-state index is -0.0644. The molecule has 0 spiro atoms. The largest absolute Gasteiger partial charge is 0.391 e. The number of morpholine rings is 1. The molecule has 0 amide bonds. The summed E-state index contributed by atoms with van der Waals surface area (Å²) in [7, 11) is 0. The molecule has 3 nitrogen and oxygen atoms in total. The first kappa shape index (κ1) is 13.5. The van der Waals surface area contributed by atoms with Gasteiger partial charge in [-0.1, -0.05) is 42.5 Å². The fraction of sp³-hybridized carbons (Fsp3) is 0.500. The molecule has 1 saturated heterocycles. The maximum absolute atomic E-state index is 5.63. The van der Waals surface area contributed by atoms with Gasteiger partial charge in [-0.3, -0.25) is 4.90 Å². The van der Waals surface area contributed by atoms with Gasteiger partial charge in [0.15, 0.2) is 0 Å². The summed E-state index contributed by atoms with van der Waals surface area (Å²) in [5.74, 6) is 0. The molecule has 0 saturated carbocycles. The Labute approximate surface area is 114 Å². The predicted molar refractivity (Wildman–Crippen MR) is 77.7 cm³/mol. The molecule has 1 aromatic rings. The van der Waals surface area contributed by atoms with E-state index in [4.69, 9.17) is 22.7 Å². The molecule has 1 aliphatic rings. The lowest BCUT2D eigenvalue weighted by Crippen LogP contribution is -2.47. The van der Waals surface area contributed by atoms with Crippen LogP contribution in [0.3, 0.4) is 0 Å². The molecule has 1 heterocycles. The molecule has 0 aliphatic carbocycles. The van der Waals surface area contributed by atoms with E-state index in [0.29, 0.717) is 4.99 Å². The Morgan fingerprint density at radius 2 is 2.17 bits per heavy atom. The molecule has 4 heteroatoms. The quantitative estimate of drug-likeness (QED) is 0.820. The first-order chi connectivity index (χ1) is 8.75. The van der Waals surface area contributed by atoms with E-state index < -0.39 is 0 Å². The molecule has 1 unspecified atom stereocenters. The van der Waals surface area contributed by atoms with Gasteiger partial charge in [0.05, 0.1) is 6.61 Å². The number of nitrogens with two attached hydrogens (primary N) is 1.